The van der Waals surface area contributed by atoms with E-state index in [1.54, 1.807) is 4.68 Å². The second-order valence-electron chi connectivity index (χ2n) is 6.09. The van der Waals surface area contributed by atoms with Crippen molar-refractivity contribution < 1.29 is 9.53 Å². The van der Waals surface area contributed by atoms with Crippen molar-refractivity contribution in [2.75, 3.05) is 18.1 Å². The lowest BCUT2D eigenvalue weighted by molar-refractivity contribution is 0.0978. The minimum absolute atomic E-state index is 0.0628. The van der Waals surface area contributed by atoms with Crippen LogP contribution in [0.1, 0.15) is 34.5 Å². The van der Waals surface area contributed by atoms with E-state index in [2.05, 4.69) is 40.1 Å². The maximum Gasteiger partial charge on any atom is 0.280 e. The predicted octanol–water partition coefficient (Wildman–Crippen LogP) is 3.33. The van der Waals surface area contributed by atoms with Gasteiger partial charge in [-0.1, -0.05) is 17.7 Å². The molecule has 120 valence electrons. The van der Waals surface area contributed by atoms with Crippen LogP contribution in [0.5, 0.6) is 5.88 Å². The number of fused-ring (bicyclic) bond motifs is 2. The van der Waals surface area contributed by atoms with E-state index in [4.69, 9.17) is 4.74 Å². The van der Waals surface area contributed by atoms with Gasteiger partial charge in [-0.2, -0.15) is 5.10 Å². The van der Waals surface area contributed by atoms with Crippen molar-refractivity contribution in [3.05, 3.63) is 39.5 Å². The fourth-order valence-electron chi connectivity index (χ4n) is 3.30. The Bertz CT molecular complexity index is 784. The molecule has 23 heavy (non-hydrogen) atoms. The summed E-state index contributed by atoms with van der Waals surface area (Å²) in [5.41, 5.74) is 3.91. The molecule has 0 saturated heterocycles. The molecule has 0 N–H and O–H groups in total. The summed E-state index contributed by atoms with van der Waals surface area (Å²) in [6.45, 7) is 4.27. The van der Waals surface area contributed by atoms with Crippen LogP contribution < -0.4 is 9.64 Å². The van der Waals surface area contributed by atoms with Gasteiger partial charge in [0.25, 0.3) is 5.91 Å². The van der Waals surface area contributed by atoms with Gasteiger partial charge in [0.2, 0.25) is 5.88 Å². The third-order valence-electron chi connectivity index (χ3n) is 4.41. The second-order valence-corrected chi connectivity index (χ2v) is 6.88. The summed E-state index contributed by atoms with van der Waals surface area (Å²) in [4.78, 5) is 14.9. The average Bonchev–Trinajstić information content (AvgIpc) is 2.91. The number of hydrogen-bond donors (Lipinski definition) is 0. The van der Waals surface area contributed by atoms with Crippen molar-refractivity contribution >= 4 is 27.5 Å². The highest BCUT2D eigenvalue weighted by Gasteiger charge is 2.30. The number of rotatable bonds is 1. The Hall–Kier alpha value is -1.82. The van der Waals surface area contributed by atoms with Gasteiger partial charge < -0.3 is 9.64 Å². The van der Waals surface area contributed by atoms with Gasteiger partial charge >= 0.3 is 0 Å². The minimum Gasteiger partial charge on any atom is -0.477 e. The molecule has 0 atom stereocenters. The van der Waals surface area contributed by atoms with E-state index in [9.17, 15) is 4.79 Å². The monoisotopic (exact) mass is 375 g/mol. The van der Waals surface area contributed by atoms with E-state index in [-0.39, 0.29) is 5.91 Å². The summed E-state index contributed by atoms with van der Waals surface area (Å²) in [6.07, 6.45) is 2.91. The maximum atomic E-state index is 13.1. The van der Waals surface area contributed by atoms with Crippen molar-refractivity contribution in [3.63, 3.8) is 0 Å². The Labute approximate surface area is 143 Å². The zero-order valence-electron chi connectivity index (χ0n) is 13.0. The van der Waals surface area contributed by atoms with Gasteiger partial charge in [-0.3, -0.25) is 4.79 Å². The first-order valence-electron chi connectivity index (χ1n) is 7.95. The van der Waals surface area contributed by atoms with Gasteiger partial charge in [-0.05, 0) is 47.3 Å². The van der Waals surface area contributed by atoms with E-state index in [1.165, 1.54) is 11.1 Å². The Morgan fingerprint density at radius 1 is 1.30 bits per heavy atom. The number of halogens is 1. The molecule has 1 aromatic heterocycles. The van der Waals surface area contributed by atoms with Crippen LogP contribution in [0.25, 0.3) is 0 Å². The molecule has 2 aromatic rings. The Balaban J connectivity index is 1.72. The molecule has 1 aromatic carbocycles. The van der Waals surface area contributed by atoms with Crippen molar-refractivity contribution in [2.45, 2.75) is 32.7 Å². The molecule has 0 unspecified atom stereocenters. The largest absolute Gasteiger partial charge is 0.477 e. The fourth-order valence-corrected chi connectivity index (χ4v) is 3.87. The topological polar surface area (TPSA) is 47.4 Å². The van der Waals surface area contributed by atoms with Gasteiger partial charge in [0.05, 0.1) is 6.61 Å². The highest BCUT2D eigenvalue weighted by molar-refractivity contribution is 9.10. The van der Waals surface area contributed by atoms with E-state index >= 15 is 0 Å². The van der Waals surface area contributed by atoms with Crippen LogP contribution in [-0.4, -0.2) is 28.8 Å². The number of hydrogen-bond acceptors (Lipinski definition) is 3. The molecule has 0 saturated carbocycles. The summed E-state index contributed by atoms with van der Waals surface area (Å²) >= 11 is 3.50. The quantitative estimate of drug-likeness (QED) is 0.767. The highest BCUT2D eigenvalue weighted by atomic mass is 79.9. The predicted molar refractivity (Wildman–Crippen MR) is 91.2 cm³/mol. The number of aryl methyl sites for hydroxylation is 3. The number of nitrogens with zero attached hydrogens (tertiary/aromatic N) is 3. The van der Waals surface area contributed by atoms with Gasteiger partial charge in [0, 0.05) is 25.2 Å². The van der Waals surface area contributed by atoms with E-state index in [0.717, 1.165) is 38.0 Å². The van der Waals surface area contributed by atoms with Crippen LogP contribution in [0, 0.1) is 6.92 Å². The molecule has 0 radical (unpaired) electrons. The molecule has 6 heteroatoms. The van der Waals surface area contributed by atoms with Gasteiger partial charge in [-0.25, -0.2) is 4.68 Å². The molecule has 4 rings (SSSR count). The summed E-state index contributed by atoms with van der Waals surface area (Å²) < 4.78 is 8.09. The van der Waals surface area contributed by atoms with Crippen molar-refractivity contribution in [1.29, 1.82) is 0 Å². The average molecular weight is 376 g/mol. The molecule has 2 aliphatic heterocycles. The third kappa shape index (κ3) is 2.45. The van der Waals surface area contributed by atoms with Crippen molar-refractivity contribution in [1.82, 2.24) is 9.78 Å². The number of carbonyl (C=O) groups is 1. The molecule has 2 aliphatic rings. The lowest BCUT2D eigenvalue weighted by atomic mass is 9.99. The molecule has 1 amide bonds. The first kappa shape index (κ1) is 14.8. The zero-order chi connectivity index (χ0) is 16.0. The third-order valence-corrected chi connectivity index (χ3v) is 5.12. The summed E-state index contributed by atoms with van der Waals surface area (Å²) in [6, 6.07) is 6.27. The molecule has 0 bridgehead atoms. The van der Waals surface area contributed by atoms with Crippen LogP contribution in [-0.2, 0) is 13.0 Å². The van der Waals surface area contributed by atoms with Crippen LogP contribution in [0.2, 0.25) is 0 Å². The number of carbonyl (C=O) groups excluding carboxylic acids is 1. The van der Waals surface area contributed by atoms with Crippen LogP contribution in [0.15, 0.2) is 22.7 Å². The standard InChI is InChI=1S/C17H18BrN3O2/c1-11-5-6-13-12(10-11)4-2-7-20(13)16(22)15-14(18)17-21(19-15)8-3-9-23-17/h5-6,10H,2-4,7-9H2,1H3. The highest BCUT2D eigenvalue weighted by Crippen LogP contribution is 2.34. The number of ether oxygens (including phenoxy) is 1. The number of anilines is 1. The number of benzene rings is 1. The molecule has 0 spiro atoms. The minimum atomic E-state index is -0.0628. The van der Waals surface area contributed by atoms with Crippen LogP contribution in [0.4, 0.5) is 5.69 Å². The molecule has 0 aliphatic carbocycles. The SMILES string of the molecule is Cc1ccc2c(c1)CCCN2C(=O)c1nn2c(c1Br)OCCC2. The molecule has 0 fully saturated rings. The number of aromatic nitrogens is 2. The Morgan fingerprint density at radius 3 is 3.00 bits per heavy atom. The first-order chi connectivity index (χ1) is 11.1. The van der Waals surface area contributed by atoms with Crippen LogP contribution >= 0.6 is 15.9 Å². The van der Waals surface area contributed by atoms with Crippen molar-refractivity contribution in [3.8, 4) is 5.88 Å². The summed E-state index contributed by atoms with van der Waals surface area (Å²) in [7, 11) is 0. The first-order valence-corrected chi connectivity index (χ1v) is 8.75. The number of amides is 1. The van der Waals surface area contributed by atoms with E-state index < -0.39 is 0 Å². The van der Waals surface area contributed by atoms with E-state index in [0.29, 0.717) is 22.7 Å². The fraction of sp³-hybridized carbons (Fsp3) is 0.412. The summed E-state index contributed by atoms with van der Waals surface area (Å²) in [5, 5.41) is 4.47. The van der Waals surface area contributed by atoms with Crippen molar-refractivity contribution in [2.24, 2.45) is 0 Å². The molecular formula is C17H18BrN3O2. The van der Waals surface area contributed by atoms with E-state index in [1.807, 2.05) is 11.0 Å². The maximum absolute atomic E-state index is 13.1. The summed E-state index contributed by atoms with van der Waals surface area (Å²) in [5.74, 6) is 0.605. The molecule has 5 nitrogen and oxygen atoms in total. The Morgan fingerprint density at radius 2 is 2.17 bits per heavy atom. The smallest absolute Gasteiger partial charge is 0.280 e. The lowest BCUT2D eigenvalue weighted by Crippen LogP contribution is -2.36. The lowest BCUT2D eigenvalue weighted by Gasteiger charge is -2.29. The molecule has 3 heterocycles. The van der Waals surface area contributed by atoms with Crippen LogP contribution in [0.3, 0.4) is 0 Å². The normalized spacial score (nSPS) is 16.5. The molecular weight excluding hydrogens is 358 g/mol. The van der Waals surface area contributed by atoms with Gasteiger partial charge in [0.1, 0.15) is 4.47 Å². The second kappa shape index (κ2) is 5.67. The Kier molecular flexibility index (Phi) is 3.64. The van der Waals surface area contributed by atoms with Gasteiger partial charge in [0.15, 0.2) is 5.69 Å². The zero-order valence-corrected chi connectivity index (χ0v) is 14.6. The van der Waals surface area contributed by atoms with Gasteiger partial charge in [-0.15, -0.1) is 0 Å².